The van der Waals surface area contributed by atoms with Crippen LogP contribution in [0.15, 0.2) is 48.8 Å². The van der Waals surface area contributed by atoms with E-state index < -0.39 is 3.79 Å². The molecule has 3 rings (SSSR count). The lowest BCUT2D eigenvalue weighted by molar-refractivity contribution is 0.590. The van der Waals surface area contributed by atoms with Crippen molar-refractivity contribution in [3.05, 3.63) is 65.7 Å². The summed E-state index contributed by atoms with van der Waals surface area (Å²) in [7, 11) is 0. The average molecular weight is 437 g/mol. The first-order valence-corrected chi connectivity index (χ1v) is 9.83. The molecule has 5 nitrogen and oxygen atoms in total. The fraction of sp³-hybridized carbons (Fsp3) is 0.300. The highest BCUT2D eigenvalue weighted by Gasteiger charge is 2.28. The molecule has 146 valence electrons. The molecule has 0 atom stereocenters. The van der Waals surface area contributed by atoms with Crippen molar-refractivity contribution in [1.29, 1.82) is 0 Å². The number of anilines is 1. The predicted molar refractivity (Wildman–Crippen MR) is 115 cm³/mol. The Kier molecular flexibility index (Phi) is 6.08. The summed E-state index contributed by atoms with van der Waals surface area (Å²) >= 11 is 18.1. The maximum atomic E-state index is 6.03. The highest BCUT2D eigenvalue weighted by molar-refractivity contribution is 6.66. The van der Waals surface area contributed by atoms with Gasteiger partial charge < -0.3 is 5.32 Å². The zero-order valence-electron chi connectivity index (χ0n) is 15.7. The predicted octanol–water partition coefficient (Wildman–Crippen LogP) is 5.67. The van der Waals surface area contributed by atoms with E-state index in [1.54, 1.807) is 12.4 Å². The van der Waals surface area contributed by atoms with Crippen LogP contribution >= 0.6 is 34.8 Å². The lowest BCUT2D eigenvalue weighted by Gasteiger charge is -2.19. The molecular formula is C20H20Cl3N5. The van der Waals surface area contributed by atoms with Crippen molar-refractivity contribution in [2.24, 2.45) is 0 Å². The van der Waals surface area contributed by atoms with Crippen LogP contribution in [0.3, 0.4) is 0 Å². The quantitative estimate of drug-likeness (QED) is 0.534. The number of halogens is 3. The third kappa shape index (κ3) is 5.31. The molecule has 3 aromatic rings. The monoisotopic (exact) mass is 435 g/mol. The maximum absolute atomic E-state index is 6.03. The molecule has 0 aliphatic carbocycles. The molecule has 0 aliphatic rings. The second-order valence-corrected chi connectivity index (χ2v) is 9.63. The van der Waals surface area contributed by atoms with Crippen LogP contribution in [0.4, 0.5) is 5.95 Å². The Morgan fingerprint density at radius 2 is 1.64 bits per heavy atom. The van der Waals surface area contributed by atoms with Gasteiger partial charge in [-0.2, -0.15) is 9.97 Å². The molecule has 1 aromatic carbocycles. The van der Waals surface area contributed by atoms with Crippen LogP contribution in [-0.4, -0.2) is 19.9 Å². The molecule has 0 saturated heterocycles. The molecule has 0 spiro atoms. The Balaban J connectivity index is 1.94. The molecule has 0 saturated carbocycles. The standard InChI is InChI=1S/C20H20Cl3N5/c1-19(2,3)15-8-6-14(7-9-15)16-26-17(20(21,22)23)28-18(27-16)25-12-13-5-4-10-24-11-13/h4-11H,12H2,1-3H3,(H,25,26,27,28). The van der Waals surface area contributed by atoms with Crippen LogP contribution in [-0.2, 0) is 15.8 Å². The van der Waals surface area contributed by atoms with Gasteiger partial charge in [0.15, 0.2) is 11.6 Å². The number of nitrogens with one attached hydrogen (secondary N) is 1. The van der Waals surface area contributed by atoms with Gasteiger partial charge in [0.05, 0.1) is 0 Å². The first-order valence-electron chi connectivity index (χ1n) is 8.70. The fourth-order valence-corrected chi connectivity index (χ4v) is 2.77. The van der Waals surface area contributed by atoms with E-state index in [-0.39, 0.29) is 11.2 Å². The number of rotatable bonds is 4. The summed E-state index contributed by atoms with van der Waals surface area (Å²) in [5.74, 6) is 0.830. The Bertz CT molecular complexity index is 933. The summed E-state index contributed by atoms with van der Waals surface area (Å²) in [6.07, 6.45) is 3.48. The summed E-state index contributed by atoms with van der Waals surface area (Å²) in [6, 6.07) is 11.8. The number of hydrogen-bond acceptors (Lipinski definition) is 5. The van der Waals surface area contributed by atoms with Crippen molar-refractivity contribution < 1.29 is 0 Å². The van der Waals surface area contributed by atoms with Crippen LogP contribution in [0.25, 0.3) is 11.4 Å². The van der Waals surface area contributed by atoms with Crippen molar-refractivity contribution in [3.63, 3.8) is 0 Å². The van der Waals surface area contributed by atoms with Gasteiger partial charge >= 0.3 is 0 Å². The van der Waals surface area contributed by atoms with Gasteiger partial charge in [0, 0.05) is 24.5 Å². The largest absolute Gasteiger partial charge is 0.350 e. The van der Waals surface area contributed by atoms with Crippen LogP contribution in [0.2, 0.25) is 0 Å². The van der Waals surface area contributed by atoms with E-state index in [4.69, 9.17) is 34.8 Å². The van der Waals surface area contributed by atoms with E-state index in [2.05, 4.69) is 58.2 Å². The minimum Gasteiger partial charge on any atom is -0.350 e. The number of nitrogens with zero attached hydrogens (tertiary/aromatic N) is 4. The van der Waals surface area contributed by atoms with Crippen molar-refractivity contribution in [1.82, 2.24) is 19.9 Å². The second kappa shape index (κ2) is 8.19. The van der Waals surface area contributed by atoms with Crippen LogP contribution in [0.1, 0.15) is 37.7 Å². The van der Waals surface area contributed by atoms with E-state index >= 15 is 0 Å². The van der Waals surface area contributed by atoms with E-state index in [0.29, 0.717) is 18.3 Å². The van der Waals surface area contributed by atoms with Gasteiger partial charge in [0.1, 0.15) is 0 Å². The van der Waals surface area contributed by atoms with Gasteiger partial charge in [-0.15, -0.1) is 0 Å². The summed E-state index contributed by atoms with van der Waals surface area (Å²) in [4.78, 5) is 17.2. The first kappa shape index (κ1) is 20.8. The molecule has 0 aliphatic heterocycles. The van der Waals surface area contributed by atoms with E-state index in [1.165, 1.54) is 5.56 Å². The molecule has 1 N–H and O–H groups in total. The van der Waals surface area contributed by atoms with Crippen molar-refractivity contribution in [2.45, 2.75) is 36.5 Å². The topological polar surface area (TPSA) is 63.6 Å². The number of aromatic nitrogens is 4. The number of hydrogen-bond donors (Lipinski definition) is 1. The Hall–Kier alpha value is -1.95. The SMILES string of the molecule is CC(C)(C)c1ccc(-c2nc(NCc3cccnc3)nc(C(Cl)(Cl)Cl)n2)cc1. The van der Waals surface area contributed by atoms with Crippen LogP contribution in [0.5, 0.6) is 0 Å². The Labute approximate surface area is 179 Å². The molecule has 8 heteroatoms. The Morgan fingerprint density at radius 3 is 2.21 bits per heavy atom. The third-order valence-electron chi connectivity index (χ3n) is 4.07. The highest BCUT2D eigenvalue weighted by atomic mass is 35.6. The maximum Gasteiger partial charge on any atom is 0.250 e. The van der Waals surface area contributed by atoms with Crippen LogP contribution < -0.4 is 5.32 Å². The molecule has 0 bridgehead atoms. The lowest BCUT2D eigenvalue weighted by Crippen LogP contribution is -2.14. The average Bonchev–Trinajstić information content (AvgIpc) is 2.66. The van der Waals surface area contributed by atoms with Crippen molar-refractivity contribution in [3.8, 4) is 11.4 Å². The number of benzene rings is 1. The summed E-state index contributed by atoms with van der Waals surface area (Å²) in [5.41, 5.74) is 3.06. The van der Waals surface area contributed by atoms with Gasteiger partial charge in [-0.25, -0.2) is 4.98 Å². The first-order chi connectivity index (χ1) is 13.1. The molecule has 0 amide bonds. The van der Waals surface area contributed by atoms with Crippen molar-refractivity contribution >= 4 is 40.8 Å². The van der Waals surface area contributed by atoms with Gasteiger partial charge in [0.2, 0.25) is 9.74 Å². The second-order valence-electron chi connectivity index (χ2n) is 7.35. The molecule has 0 radical (unpaired) electrons. The lowest BCUT2D eigenvalue weighted by atomic mass is 9.87. The normalized spacial score (nSPS) is 12.1. The molecule has 0 fully saturated rings. The fourth-order valence-electron chi connectivity index (χ4n) is 2.51. The summed E-state index contributed by atoms with van der Waals surface area (Å²) in [6.45, 7) is 6.96. The minimum absolute atomic E-state index is 0.0524. The van der Waals surface area contributed by atoms with E-state index in [0.717, 1.165) is 11.1 Å². The third-order valence-corrected chi connectivity index (χ3v) is 4.58. The smallest absolute Gasteiger partial charge is 0.250 e. The van der Waals surface area contributed by atoms with Crippen LogP contribution in [0, 0.1) is 0 Å². The van der Waals surface area contributed by atoms with E-state index in [1.807, 2.05) is 24.3 Å². The molecule has 0 unspecified atom stereocenters. The Morgan fingerprint density at radius 1 is 0.929 bits per heavy atom. The van der Waals surface area contributed by atoms with Gasteiger partial charge in [-0.05, 0) is 22.6 Å². The number of pyridine rings is 1. The van der Waals surface area contributed by atoms with Crippen molar-refractivity contribution in [2.75, 3.05) is 5.32 Å². The molecule has 2 heterocycles. The zero-order chi connectivity index (χ0) is 20.4. The van der Waals surface area contributed by atoms with Gasteiger partial charge in [-0.3, -0.25) is 4.98 Å². The summed E-state index contributed by atoms with van der Waals surface area (Å²) < 4.78 is -1.76. The zero-order valence-corrected chi connectivity index (χ0v) is 18.0. The summed E-state index contributed by atoms with van der Waals surface area (Å²) in [5, 5.41) is 3.14. The molecular weight excluding hydrogens is 417 g/mol. The van der Waals surface area contributed by atoms with Gasteiger partial charge in [0.25, 0.3) is 0 Å². The molecule has 28 heavy (non-hydrogen) atoms. The highest BCUT2D eigenvalue weighted by Crippen LogP contribution is 2.37. The number of alkyl halides is 3. The van der Waals surface area contributed by atoms with Gasteiger partial charge in [-0.1, -0.05) is 85.9 Å². The van der Waals surface area contributed by atoms with E-state index in [9.17, 15) is 0 Å². The minimum atomic E-state index is -1.76. The molecule has 2 aromatic heterocycles.